The van der Waals surface area contributed by atoms with Crippen molar-refractivity contribution in [3.63, 3.8) is 0 Å². The van der Waals surface area contributed by atoms with Gasteiger partial charge in [0.15, 0.2) is 0 Å². The lowest BCUT2D eigenvalue weighted by Gasteiger charge is -2.44. The minimum Gasteiger partial charge on any atom is -0.390 e. The molecule has 1 heteroatoms. The molecule has 0 radical (unpaired) electrons. The molecule has 0 bridgehead atoms. The summed E-state index contributed by atoms with van der Waals surface area (Å²) in [4.78, 5) is 0. The molecular formula is C13H22O. The number of terminal acetylenes is 1. The Morgan fingerprint density at radius 1 is 1.43 bits per heavy atom. The van der Waals surface area contributed by atoms with Crippen LogP contribution in [0.3, 0.4) is 0 Å². The molecule has 0 aromatic rings. The maximum atomic E-state index is 10.4. The molecule has 1 rings (SSSR count). The molecule has 1 N–H and O–H groups in total. The van der Waals surface area contributed by atoms with Gasteiger partial charge in [-0.15, -0.1) is 12.3 Å². The summed E-state index contributed by atoms with van der Waals surface area (Å²) in [6.45, 7) is 6.70. The van der Waals surface area contributed by atoms with Gasteiger partial charge in [-0.1, -0.05) is 20.8 Å². The Kier molecular flexibility index (Phi) is 3.27. The van der Waals surface area contributed by atoms with Crippen LogP contribution >= 0.6 is 0 Å². The second-order valence-electron chi connectivity index (χ2n) is 5.78. The van der Waals surface area contributed by atoms with E-state index in [2.05, 4.69) is 26.7 Å². The van der Waals surface area contributed by atoms with Crippen LogP contribution in [-0.4, -0.2) is 10.7 Å². The third kappa shape index (κ3) is 3.03. The third-order valence-corrected chi connectivity index (χ3v) is 3.17. The lowest BCUT2D eigenvalue weighted by molar-refractivity contribution is -0.0626. The highest BCUT2D eigenvalue weighted by molar-refractivity contribution is 4.96. The minimum absolute atomic E-state index is 0.265. The number of aliphatic hydroxyl groups is 1. The van der Waals surface area contributed by atoms with Crippen molar-refractivity contribution in [2.75, 3.05) is 0 Å². The van der Waals surface area contributed by atoms with Crippen molar-refractivity contribution in [1.29, 1.82) is 0 Å². The number of hydrogen-bond donors (Lipinski definition) is 1. The van der Waals surface area contributed by atoms with Gasteiger partial charge in [0.05, 0.1) is 5.60 Å². The molecule has 1 saturated carbocycles. The summed E-state index contributed by atoms with van der Waals surface area (Å²) in [6.07, 6.45) is 9.72. The molecule has 0 aromatic carbocycles. The van der Waals surface area contributed by atoms with Crippen molar-refractivity contribution in [2.45, 2.75) is 58.5 Å². The minimum atomic E-state index is -0.506. The first-order valence-electron chi connectivity index (χ1n) is 5.53. The molecule has 0 aromatic heterocycles. The van der Waals surface area contributed by atoms with Gasteiger partial charge >= 0.3 is 0 Å². The average Bonchev–Trinajstić information content (AvgIpc) is 1.96. The van der Waals surface area contributed by atoms with E-state index in [1.807, 2.05) is 0 Å². The molecule has 14 heavy (non-hydrogen) atoms. The van der Waals surface area contributed by atoms with Crippen LogP contribution in [-0.2, 0) is 0 Å². The van der Waals surface area contributed by atoms with Gasteiger partial charge in [0.1, 0.15) is 0 Å². The Balaban J connectivity index is 2.65. The second kappa shape index (κ2) is 3.95. The van der Waals surface area contributed by atoms with E-state index in [1.54, 1.807) is 0 Å². The lowest BCUT2D eigenvalue weighted by Crippen LogP contribution is -2.41. The normalized spacial score (nSPS) is 36.4. The van der Waals surface area contributed by atoms with Crippen molar-refractivity contribution in [3.8, 4) is 12.3 Å². The molecule has 1 nitrogen and oxygen atoms in total. The van der Waals surface area contributed by atoms with Crippen LogP contribution < -0.4 is 0 Å². The summed E-state index contributed by atoms with van der Waals surface area (Å²) >= 11 is 0. The first kappa shape index (κ1) is 11.6. The fourth-order valence-corrected chi connectivity index (χ4v) is 3.19. The summed E-state index contributed by atoms with van der Waals surface area (Å²) in [6, 6.07) is 0. The summed E-state index contributed by atoms with van der Waals surface area (Å²) in [7, 11) is 0. The summed E-state index contributed by atoms with van der Waals surface area (Å²) in [5, 5.41) is 10.4. The molecule has 80 valence electrons. The van der Waals surface area contributed by atoms with Crippen LogP contribution in [0.2, 0.25) is 0 Å². The van der Waals surface area contributed by atoms with Crippen LogP contribution in [0, 0.1) is 23.7 Å². The molecule has 1 aliphatic carbocycles. The SMILES string of the molecule is C#CCCC1(O)CC(C)CC(C)(C)C1. The van der Waals surface area contributed by atoms with E-state index in [1.165, 1.54) is 6.42 Å². The van der Waals surface area contributed by atoms with E-state index >= 15 is 0 Å². The largest absolute Gasteiger partial charge is 0.390 e. The van der Waals surface area contributed by atoms with E-state index in [0.717, 1.165) is 19.3 Å². The maximum Gasteiger partial charge on any atom is 0.0664 e. The van der Waals surface area contributed by atoms with Gasteiger partial charge in [-0.3, -0.25) is 0 Å². The van der Waals surface area contributed by atoms with Crippen LogP contribution in [0.15, 0.2) is 0 Å². The van der Waals surface area contributed by atoms with E-state index in [0.29, 0.717) is 12.3 Å². The number of rotatable bonds is 2. The maximum absolute atomic E-state index is 10.4. The first-order valence-corrected chi connectivity index (χ1v) is 5.53. The lowest BCUT2D eigenvalue weighted by atomic mass is 9.65. The van der Waals surface area contributed by atoms with Gasteiger partial charge in [-0.25, -0.2) is 0 Å². The quantitative estimate of drug-likeness (QED) is 0.670. The van der Waals surface area contributed by atoms with E-state index < -0.39 is 5.60 Å². The zero-order chi connectivity index (χ0) is 10.8. The van der Waals surface area contributed by atoms with Gasteiger partial charge in [0, 0.05) is 6.42 Å². The molecule has 0 amide bonds. The highest BCUT2D eigenvalue weighted by Crippen LogP contribution is 2.45. The first-order chi connectivity index (χ1) is 6.37. The molecule has 0 heterocycles. The van der Waals surface area contributed by atoms with Crippen LogP contribution in [0.5, 0.6) is 0 Å². The molecule has 2 atom stereocenters. The Labute approximate surface area is 87.9 Å². The standard InChI is InChI=1S/C13H22O/c1-5-6-7-13(14)9-11(2)8-12(3,4)10-13/h1,11,14H,6-10H2,2-4H3. The highest BCUT2D eigenvalue weighted by atomic mass is 16.3. The van der Waals surface area contributed by atoms with E-state index in [9.17, 15) is 5.11 Å². The fraction of sp³-hybridized carbons (Fsp3) is 0.846. The van der Waals surface area contributed by atoms with Gasteiger partial charge in [-0.2, -0.15) is 0 Å². The second-order valence-corrected chi connectivity index (χ2v) is 5.78. The Hall–Kier alpha value is -0.480. The topological polar surface area (TPSA) is 20.2 Å². The van der Waals surface area contributed by atoms with Gasteiger partial charge < -0.3 is 5.11 Å². The predicted molar refractivity (Wildman–Crippen MR) is 59.8 cm³/mol. The van der Waals surface area contributed by atoms with Crippen molar-refractivity contribution in [2.24, 2.45) is 11.3 Å². The Morgan fingerprint density at radius 2 is 2.07 bits per heavy atom. The average molecular weight is 194 g/mol. The van der Waals surface area contributed by atoms with E-state index in [-0.39, 0.29) is 5.41 Å². The Bertz CT molecular complexity index is 236. The van der Waals surface area contributed by atoms with Gasteiger partial charge in [-0.05, 0) is 37.0 Å². The monoisotopic (exact) mass is 194 g/mol. The summed E-state index contributed by atoms with van der Waals surface area (Å²) in [5.41, 5.74) is -0.242. The van der Waals surface area contributed by atoms with Gasteiger partial charge in [0.2, 0.25) is 0 Å². The van der Waals surface area contributed by atoms with Crippen LogP contribution in [0.4, 0.5) is 0 Å². The predicted octanol–water partition coefficient (Wildman–Crippen LogP) is 2.98. The molecule has 0 spiro atoms. The highest BCUT2D eigenvalue weighted by Gasteiger charge is 2.40. The zero-order valence-corrected chi connectivity index (χ0v) is 9.64. The van der Waals surface area contributed by atoms with Gasteiger partial charge in [0.25, 0.3) is 0 Å². The fourth-order valence-electron chi connectivity index (χ4n) is 3.19. The van der Waals surface area contributed by atoms with Crippen molar-refractivity contribution in [3.05, 3.63) is 0 Å². The third-order valence-electron chi connectivity index (χ3n) is 3.17. The smallest absolute Gasteiger partial charge is 0.0664 e. The molecule has 1 fully saturated rings. The molecule has 2 unspecified atom stereocenters. The van der Waals surface area contributed by atoms with Crippen LogP contribution in [0.1, 0.15) is 52.9 Å². The molecule has 0 saturated heterocycles. The molecule has 1 aliphatic rings. The zero-order valence-electron chi connectivity index (χ0n) is 9.64. The molecule has 0 aliphatic heterocycles. The Morgan fingerprint density at radius 3 is 2.57 bits per heavy atom. The van der Waals surface area contributed by atoms with Crippen molar-refractivity contribution < 1.29 is 5.11 Å². The van der Waals surface area contributed by atoms with E-state index in [4.69, 9.17) is 6.42 Å². The summed E-state index contributed by atoms with van der Waals surface area (Å²) in [5.74, 6) is 3.23. The summed E-state index contributed by atoms with van der Waals surface area (Å²) < 4.78 is 0. The molecular weight excluding hydrogens is 172 g/mol. The van der Waals surface area contributed by atoms with Crippen molar-refractivity contribution >= 4 is 0 Å². The van der Waals surface area contributed by atoms with Crippen LogP contribution in [0.25, 0.3) is 0 Å². The van der Waals surface area contributed by atoms with Crippen molar-refractivity contribution in [1.82, 2.24) is 0 Å². The number of hydrogen-bond acceptors (Lipinski definition) is 1.